The zero-order chi connectivity index (χ0) is 23.6. The molecular formula is C30H36N4S2. The molecule has 0 spiro atoms. The average molecular weight is 517 g/mol. The van der Waals surface area contributed by atoms with Gasteiger partial charge in [0.2, 0.25) is 0 Å². The molecule has 0 saturated heterocycles. The number of hydrogen-bond donors (Lipinski definition) is 2. The molecule has 3 aliphatic carbocycles. The van der Waals surface area contributed by atoms with Crippen LogP contribution in [0.1, 0.15) is 55.4 Å². The lowest BCUT2D eigenvalue weighted by Gasteiger charge is -2.17. The van der Waals surface area contributed by atoms with Crippen LogP contribution in [0.3, 0.4) is 0 Å². The summed E-state index contributed by atoms with van der Waals surface area (Å²) in [6.45, 7) is 1.95. The Bertz CT molecular complexity index is 1250. The predicted octanol–water partition coefficient (Wildman–Crippen LogP) is 7.12. The Balaban J connectivity index is 0.000000150. The second kappa shape index (κ2) is 11.3. The Hall–Kier alpha value is -2.44. The highest BCUT2D eigenvalue weighted by atomic mass is 32.2. The molecule has 36 heavy (non-hydrogen) atoms. The molecule has 5 aliphatic rings. The quantitative estimate of drug-likeness (QED) is 0.425. The van der Waals surface area contributed by atoms with Crippen LogP contribution in [0, 0.1) is 0 Å². The van der Waals surface area contributed by atoms with Gasteiger partial charge >= 0.3 is 0 Å². The van der Waals surface area contributed by atoms with Crippen LogP contribution in [0.4, 0.5) is 11.4 Å². The molecule has 0 aromatic heterocycles. The lowest BCUT2D eigenvalue weighted by atomic mass is 10.1. The van der Waals surface area contributed by atoms with Crippen LogP contribution < -0.4 is 11.1 Å². The Morgan fingerprint density at radius 3 is 1.94 bits per heavy atom. The van der Waals surface area contributed by atoms with Crippen LogP contribution in [-0.4, -0.2) is 40.7 Å². The summed E-state index contributed by atoms with van der Waals surface area (Å²) in [4.78, 5) is 9.13. The number of hydrogen-bond acceptors (Lipinski definition) is 6. The second-order valence-electron chi connectivity index (χ2n) is 9.68. The van der Waals surface area contributed by atoms with E-state index >= 15 is 0 Å². The van der Waals surface area contributed by atoms with Crippen molar-refractivity contribution in [1.29, 1.82) is 0 Å². The molecule has 2 aliphatic heterocycles. The number of nitrogens with one attached hydrogen (secondary N) is 1. The summed E-state index contributed by atoms with van der Waals surface area (Å²) in [5.74, 6) is 2.27. The van der Waals surface area contributed by atoms with Crippen molar-refractivity contribution in [3.63, 3.8) is 0 Å². The number of rotatable bonds is 4. The van der Waals surface area contributed by atoms with Gasteiger partial charge in [-0.05, 0) is 70.5 Å². The van der Waals surface area contributed by atoms with E-state index in [-0.39, 0.29) is 7.43 Å². The van der Waals surface area contributed by atoms with E-state index < -0.39 is 0 Å². The summed E-state index contributed by atoms with van der Waals surface area (Å²) >= 11 is 3.77. The molecule has 1 saturated carbocycles. The van der Waals surface area contributed by atoms with Crippen LogP contribution in [0.25, 0.3) is 12.2 Å². The topological polar surface area (TPSA) is 62.8 Å². The lowest BCUT2D eigenvalue weighted by Crippen LogP contribution is -2.15. The Kier molecular flexibility index (Phi) is 7.92. The molecule has 0 unspecified atom stereocenters. The molecule has 4 nitrogen and oxygen atoms in total. The van der Waals surface area contributed by atoms with Crippen LogP contribution in [0.15, 0.2) is 57.5 Å². The first-order valence-electron chi connectivity index (χ1n) is 12.8. The molecule has 0 radical (unpaired) electrons. The van der Waals surface area contributed by atoms with E-state index in [0.717, 1.165) is 43.1 Å². The van der Waals surface area contributed by atoms with Gasteiger partial charge in [-0.15, -0.1) is 23.5 Å². The van der Waals surface area contributed by atoms with Crippen LogP contribution >= 0.6 is 23.5 Å². The van der Waals surface area contributed by atoms with Gasteiger partial charge in [-0.3, -0.25) is 9.98 Å². The standard InChI is InChI=1S/C17H20N2S.C12H12N2S.CH4/c1-2-6-14(5-1)19-16-7-3-4-12-10-13(11-15(12)16)17-18-8-9-20-17;13-11-3-1-2-8-6-9(7-10(8)11)12-14-4-5-15-12;/h3-4,7,10,14,19H,1-2,5-6,8-9,11H2;1-3,6H,4-5,7,13H2;1H4. The minimum absolute atomic E-state index is 0. The van der Waals surface area contributed by atoms with Crippen molar-refractivity contribution in [2.24, 2.45) is 9.98 Å². The summed E-state index contributed by atoms with van der Waals surface area (Å²) in [5.41, 5.74) is 16.4. The van der Waals surface area contributed by atoms with E-state index in [1.807, 2.05) is 35.7 Å². The fraction of sp³-hybridized carbons (Fsp3) is 0.400. The van der Waals surface area contributed by atoms with Crippen molar-refractivity contribution in [2.75, 3.05) is 35.6 Å². The highest BCUT2D eigenvalue weighted by Crippen LogP contribution is 2.36. The first-order chi connectivity index (χ1) is 17.2. The number of thioether (sulfide) groups is 2. The minimum Gasteiger partial charge on any atom is -0.398 e. The fourth-order valence-corrected chi connectivity index (χ4v) is 7.27. The average Bonchev–Trinajstić information content (AvgIpc) is 3.68. The third kappa shape index (κ3) is 5.30. The maximum absolute atomic E-state index is 5.95. The lowest BCUT2D eigenvalue weighted by molar-refractivity contribution is 0.754. The summed E-state index contributed by atoms with van der Waals surface area (Å²) in [7, 11) is 0. The van der Waals surface area contributed by atoms with Gasteiger partial charge < -0.3 is 11.1 Å². The van der Waals surface area contributed by atoms with E-state index in [1.54, 1.807) is 0 Å². The van der Waals surface area contributed by atoms with Gasteiger partial charge in [-0.25, -0.2) is 0 Å². The van der Waals surface area contributed by atoms with Crippen LogP contribution in [0.5, 0.6) is 0 Å². The number of nitrogens with two attached hydrogens (primary N) is 1. The molecule has 0 bridgehead atoms. The maximum atomic E-state index is 5.95. The van der Waals surface area contributed by atoms with Gasteiger partial charge in [0.15, 0.2) is 0 Å². The van der Waals surface area contributed by atoms with Gasteiger partial charge in [0.1, 0.15) is 0 Å². The van der Waals surface area contributed by atoms with Gasteiger partial charge in [0.05, 0.1) is 10.1 Å². The zero-order valence-electron chi connectivity index (χ0n) is 20.1. The first-order valence-corrected chi connectivity index (χ1v) is 14.7. The predicted molar refractivity (Wildman–Crippen MR) is 163 cm³/mol. The Labute approximate surface area is 224 Å². The second-order valence-corrected chi connectivity index (χ2v) is 11.8. The summed E-state index contributed by atoms with van der Waals surface area (Å²) in [6, 6.07) is 13.5. The van der Waals surface area contributed by atoms with Crippen molar-refractivity contribution in [3.05, 3.63) is 69.8 Å². The molecule has 6 heteroatoms. The molecule has 188 valence electrons. The molecule has 3 N–H and O–H groups in total. The Morgan fingerprint density at radius 1 is 0.778 bits per heavy atom. The number of fused-ring (bicyclic) bond motifs is 2. The molecular weight excluding hydrogens is 480 g/mol. The summed E-state index contributed by atoms with van der Waals surface area (Å²) < 4.78 is 0. The number of nitrogens with zero attached hydrogens (tertiary/aromatic N) is 2. The molecule has 0 atom stereocenters. The molecule has 7 rings (SSSR count). The SMILES string of the molecule is C.C1=C(C2=NCCS2)Cc2c1cccc2NC1CCCC1.Nc1cccc2c1CC(C1=NCCS1)=C2. The third-order valence-electron chi connectivity index (χ3n) is 7.29. The van der Waals surface area contributed by atoms with Crippen molar-refractivity contribution in [3.8, 4) is 0 Å². The van der Waals surface area contributed by atoms with Crippen molar-refractivity contribution < 1.29 is 0 Å². The van der Waals surface area contributed by atoms with E-state index in [0.29, 0.717) is 6.04 Å². The number of aliphatic imine (C=N–C) groups is 2. The normalized spacial score (nSPS) is 19.9. The zero-order valence-corrected chi connectivity index (χ0v) is 21.7. The van der Waals surface area contributed by atoms with Gasteiger partial charge in [0.25, 0.3) is 0 Å². The molecule has 0 amide bonds. The van der Waals surface area contributed by atoms with Crippen molar-refractivity contribution >= 4 is 57.1 Å². The minimum atomic E-state index is 0. The highest BCUT2D eigenvalue weighted by molar-refractivity contribution is 8.15. The van der Waals surface area contributed by atoms with Gasteiger partial charge in [-0.2, -0.15) is 0 Å². The smallest absolute Gasteiger partial charge is 0.0940 e. The van der Waals surface area contributed by atoms with Crippen molar-refractivity contribution in [2.45, 2.75) is 52.0 Å². The third-order valence-corrected chi connectivity index (χ3v) is 9.39. The van der Waals surface area contributed by atoms with E-state index in [9.17, 15) is 0 Å². The summed E-state index contributed by atoms with van der Waals surface area (Å²) in [5, 5.41) is 6.26. The van der Waals surface area contributed by atoms with Crippen LogP contribution in [0.2, 0.25) is 0 Å². The summed E-state index contributed by atoms with van der Waals surface area (Å²) in [6.07, 6.45) is 12.0. The fourth-order valence-electron chi connectivity index (χ4n) is 5.52. The number of benzene rings is 2. The maximum Gasteiger partial charge on any atom is 0.0940 e. The van der Waals surface area contributed by atoms with E-state index in [4.69, 9.17) is 5.73 Å². The number of nitrogen functional groups attached to an aromatic ring is 1. The highest BCUT2D eigenvalue weighted by Gasteiger charge is 2.23. The Morgan fingerprint density at radius 2 is 1.36 bits per heavy atom. The van der Waals surface area contributed by atoms with Gasteiger partial charge in [0, 0.05) is 54.9 Å². The molecule has 2 aromatic carbocycles. The van der Waals surface area contributed by atoms with E-state index in [1.165, 1.54) is 74.9 Å². The monoisotopic (exact) mass is 516 g/mol. The molecule has 2 heterocycles. The van der Waals surface area contributed by atoms with Gasteiger partial charge in [-0.1, -0.05) is 44.5 Å². The van der Waals surface area contributed by atoms with E-state index in [2.05, 4.69) is 51.7 Å². The molecule has 2 aromatic rings. The van der Waals surface area contributed by atoms with Crippen LogP contribution in [-0.2, 0) is 12.8 Å². The molecule has 1 fully saturated rings. The van der Waals surface area contributed by atoms with Crippen molar-refractivity contribution in [1.82, 2.24) is 0 Å². The number of anilines is 2. The first kappa shape index (κ1) is 25.2. The largest absolute Gasteiger partial charge is 0.398 e.